The van der Waals surface area contributed by atoms with Crippen LogP contribution < -0.4 is 5.32 Å². The third-order valence-corrected chi connectivity index (χ3v) is 7.89. The molecule has 5 rings (SSSR count). The summed E-state index contributed by atoms with van der Waals surface area (Å²) in [5.41, 5.74) is 5.54. The smallest absolute Gasteiger partial charge is 0.407 e. The first-order valence-electron chi connectivity index (χ1n) is 13.6. The van der Waals surface area contributed by atoms with Crippen molar-refractivity contribution in [2.24, 2.45) is 5.92 Å². The molecular weight excluding hydrogens is 492 g/mol. The molecule has 2 aliphatic rings. The molecule has 0 heterocycles. The Morgan fingerprint density at radius 1 is 0.846 bits per heavy atom. The zero-order valence-electron chi connectivity index (χ0n) is 21.9. The van der Waals surface area contributed by atoms with E-state index in [9.17, 15) is 19.5 Å². The van der Waals surface area contributed by atoms with Gasteiger partial charge in [-0.3, -0.25) is 9.59 Å². The van der Waals surface area contributed by atoms with Gasteiger partial charge in [0.1, 0.15) is 13.2 Å². The van der Waals surface area contributed by atoms with E-state index in [2.05, 4.69) is 29.6 Å². The summed E-state index contributed by atoms with van der Waals surface area (Å²) in [5.74, 6) is -1.35. The highest BCUT2D eigenvalue weighted by Crippen LogP contribution is 2.44. The summed E-state index contributed by atoms with van der Waals surface area (Å²) in [5, 5.41) is 12.4. The fourth-order valence-electron chi connectivity index (χ4n) is 5.99. The van der Waals surface area contributed by atoms with Gasteiger partial charge in [-0.05, 0) is 46.6 Å². The van der Waals surface area contributed by atoms with Crippen LogP contribution in [-0.2, 0) is 20.9 Å². The second kappa shape index (κ2) is 12.2. The second-order valence-electron chi connectivity index (χ2n) is 10.5. The molecule has 7 heteroatoms. The van der Waals surface area contributed by atoms with Gasteiger partial charge >= 0.3 is 12.1 Å². The molecule has 2 atom stereocenters. The number of carbonyl (C=O) groups excluding carboxylic acids is 2. The van der Waals surface area contributed by atoms with Crippen LogP contribution in [0.1, 0.15) is 54.7 Å². The third kappa shape index (κ3) is 6.30. The molecule has 0 spiro atoms. The normalized spacial score (nSPS) is 18.1. The minimum atomic E-state index is -1.05. The second-order valence-corrected chi connectivity index (χ2v) is 10.5. The Morgan fingerprint density at radius 2 is 1.46 bits per heavy atom. The number of rotatable bonds is 9. The average molecular weight is 527 g/mol. The number of benzene rings is 3. The van der Waals surface area contributed by atoms with Crippen molar-refractivity contribution in [2.75, 3.05) is 13.2 Å². The third-order valence-electron chi connectivity index (χ3n) is 7.89. The number of carboxylic acid groups (broad SMARTS) is 1. The quantitative estimate of drug-likeness (QED) is 0.379. The molecule has 1 saturated carbocycles. The van der Waals surface area contributed by atoms with Crippen LogP contribution in [0, 0.1) is 5.92 Å². The van der Waals surface area contributed by atoms with Gasteiger partial charge in [0.05, 0.1) is 0 Å². The van der Waals surface area contributed by atoms with Gasteiger partial charge in [-0.2, -0.15) is 0 Å². The van der Waals surface area contributed by atoms with Gasteiger partial charge in [0, 0.05) is 24.9 Å². The molecule has 7 nitrogen and oxygen atoms in total. The van der Waals surface area contributed by atoms with Crippen LogP contribution in [0.5, 0.6) is 0 Å². The van der Waals surface area contributed by atoms with E-state index in [4.69, 9.17) is 4.74 Å². The number of nitrogens with zero attached hydrogens (tertiary/aromatic N) is 1. The summed E-state index contributed by atoms with van der Waals surface area (Å²) < 4.78 is 5.75. The SMILES string of the molecule is O=C(O)CN(Cc1ccccc1)C(=O)CC1CCCCC1NC(=O)OCC1c2ccccc2-c2ccccc21. The highest BCUT2D eigenvalue weighted by Gasteiger charge is 2.32. The molecule has 202 valence electrons. The fourth-order valence-corrected chi connectivity index (χ4v) is 5.99. The lowest BCUT2D eigenvalue weighted by molar-refractivity contribution is -0.145. The molecule has 39 heavy (non-hydrogen) atoms. The highest BCUT2D eigenvalue weighted by molar-refractivity contribution is 5.82. The summed E-state index contributed by atoms with van der Waals surface area (Å²) in [6.07, 6.45) is 3.20. The standard InChI is InChI=1S/C32H34N2O5/c35-30(34(20-31(36)37)19-22-10-2-1-3-11-22)18-23-12-4-9-17-29(23)33-32(38)39-21-28-26-15-7-5-13-24(26)25-14-6-8-16-27(25)28/h1-3,5-8,10-11,13-16,23,28-29H,4,9,12,17-21H2,(H,33,38)(H,36,37). The number of aliphatic carboxylic acids is 1. The number of fused-ring (bicyclic) bond motifs is 3. The van der Waals surface area contributed by atoms with Crippen molar-refractivity contribution in [1.82, 2.24) is 10.2 Å². The van der Waals surface area contributed by atoms with Crippen LogP contribution in [-0.4, -0.2) is 47.2 Å². The first kappa shape index (κ1) is 26.5. The Balaban J connectivity index is 1.20. The molecule has 3 aromatic rings. The average Bonchev–Trinajstić information content (AvgIpc) is 3.26. The van der Waals surface area contributed by atoms with Crippen LogP contribution in [0.2, 0.25) is 0 Å². The molecule has 2 amide bonds. The van der Waals surface area contributed by atoms with E-state index in [1.54, 1.807) is 0 Å². The maximum absolute atomic E-state index is 13.2. The van der Waals surface area contributed by atoms with Gasteiger partial charge in [-0.1, -0.05) is 91.7 Å². The van der Waals surface area contributed by atoms with Gasteiger partial charge in [0.25, 0.3) is 0 Å². The number of ether oxygens (including phenoxy) is 1. The maximum Gasteiger partial charge on any atom is 0.407 e. The summed E-state index contributed by atoms with van der Waals surface area (Å²) in [7, 11) is 0. The van der Waals surface area contributed by atoms with Gasteiger partial charge in [0.2, 0.25) is 5.91 Å². The van der Waals surface area contributed by atoms with E-state index in [-0.39, 0.29) is 49.9 Å². The van der Waals surface area contributed by atoms with E-state index >= 15 is 0 Å². The number of hydrogen-bond donors (Lipinski definition) is 2. The first-order chi connectivity index (χ1) is 19.0. The van der Waals surface area contributed by atoms with Crippen molar-refractivity contribution in [1.29, 1.82) is 0 Å². The van der Waals surface area contributed by atoms with E-state index < -0.39 is 12.1 Å². The van der Waals surface area contributed by atoms with Crippen LogP contribution in [0.25, 0.3) is 11.1 Å². The van der Waals surface area contributed by atoms with Crippen molar-refractivity contribution >= 4 is 18.0 Å². The minimum absolute atomic E-state index is 0.0190. The summed E-state index contributed by atoms with van der Waals surface area (Å²) >= 11 is 0. The molecule has 2 unspecified atom stereocenters. The molecule has 0 aromatic heterocycles. The van der Waals surface area contributed by atoms with Crippen LogP contribution >= 0.6 is 0 Å². The van der Waals surface area contributed by atoms with Crippen LogP contribution in [0.4, 0.5) is 4.79 Å². The number of carboxylic acids is 1. The molecule has 0 saturated heterocycles. The van der Waals surface area contributed by atoms with E-state index in [1.807, 2.05) is 54.6 Å². The van der Waals surface area contributed by atoms with Crippen LogP contribution in [0.15, 0.2) is 78.9 Å². The van der Waals surface area contributed by atoms with Gasteiger partial charge in [-0.15, -0.1) is 0 Å². The van der Waals surface area contributed by atoms with Gasteiger partial charge < -0.3 is 20.1 Å². The summed E-state index contributed by atoms with van der Waals surface area (Å²) in [6, 6.07) is 25.6. The number of amides is 2. The highest BCUT2D eigenvalue weighted by atomic mass is 16.5. The zero-order valence-corrected chi connectivity index (χ0v) is 21.9. The lowest BCUT2D eigenvalue weighted by atomic mass is 9.82. The Hall–Kier alpha value is -4.13. The molecule has 1 fully saturated rings. The first-order valence-corrected chi connectivity index (χ1v) is 13.6. The van der Waals surface area contributed by atoms with Crippen molar-refractivity contribution in [3.05, 3.63) is 95.6 Å². The lowest BCUT2D eigenvalue weighted by Crippen LogP contribution is -2.45. The molecule has 3 aromatic carbocycles. The Morgan fingerprint density at radius 3 is 2.13 bits per heavy atom. The number of alkyl carbamates (subject to hydrolysis) is 1. The lowest BCUT2D eigenvalue weighted by Gasteiger charge is -2.33. The van der Waals surface area contributed by atoms with Crippen molar-refractivity contribution in [2.45, 2.75) is 50.6 Å². The Bertz CT molecular complexity index is 1280. The fraction of sp³-hybridized carbons (Fsp3) is 0.344. The molecule has 0 bridgehead atoms. The zero-order chi connectivity index (χ0) is 27.2. The van der Waals surface area contributed by atoms with E-state index in [0.717, 1.165) is 42.4 Å². The monoisotopic (exact) mass is 526 g/mol. The molecular formula is C32H34N2O5. The van der Waals surface area contributed by atoms with Gasteiger partial charge in [-0.25, -0.2) is 4.79 Å². The van der Waals surface area contributed by atoms with Crippen LogP contribution in [0.3, 0.4) is 0 Å². The number of hydrogen-bond acceptors (Lipinski definition) is 4. The molecule has 0 aliphatic heterocycles. The Labute approximate surface area is 228 Å². The summed E-state index contributed by atoms with van der Waals surface area (Å²) in [6.45, 7) is 0.119. The van der Waals surface area contributed by atoms with Crippen molar-refractivity contribution in [3.63, 3.8) is 0 Å². The largest absolute Gasteiger partial charge is 0.480 e. The minimum Gasteiger partial charge on any atom is -0.480 e. The maximum atomic E-state index is 13.2. The molecule has 2 aliphatic carbocycles. The molecule has 0 radical (unpaired) electrons. The predicted octanol–water partition coefficient (Wildman–Crippen LogP) is 5.59. The molecule has 2 N–H and O–H groups in total. The van der Waals surface area contributed by atoms with Crippen molar-refractivity contribution in [3.8, 4) is 11.1 Å². The van der Waals surface area contributed by atoms with Crippen molar-refractivity contribution < 1.29 is 24.2 Å². The topological polar surface area (TPSA) is 95.9 Å². The van der Waals surface area contributed by atoms with E-state index in [0.29, 0.717) is 0 Å². The number of carbonyl (C=O) groups is 3. The predicted molar refractivity (Wildman–Crippen MR) is 148 cm³/mol. The number of nitrogens with one attached hydrogen (secondary N) is 1. The van der Waals surface area contributed by atoms with Gasteiger partial charge in [0.15, 0.2) is 0 Å². The van der Waals surface area contributed by atoms with E-state index in [1.165, 1.54) is 16.0 Å². The Kier molecular flexibility index (Phi) is 8.25. The summed E-state index contributed by atoms with van der Waals surface area (Å²) in [4.78, 5) is 39.0.